The Labute approximate surface area is 83.0 Å². The molecular weight excluding hydrogens is 175 g/mol. The van der Waals surface area contributed by atoms with Gasteiger partial charge in [-0.05, 0) is 24.9 Å². The van der Waals surface area contributed by atoms with Crippen molar-refractivity contribution in [3.05, 3.63) is 29.6 Å². The highest BCUT2D eigenvalue weighted by Crippen LogP contribution is 2.18. The molecule has 0 saturated carbocycles. The molecule has 2 aromatic heterocycles. The molecule has 0 bridgehead atoms. The van der Waals surface area contributed by atoms with E-state index in [9.17, 15) is 4.79 Å². The van der Waals surface area contributed by atoms with Crippen LogP contribution in [0.25, 0.3) is 11.0 Å². The summed E-state index contributed by atoms with van der Waals surface area (Å²) in [5.41, 5.74) is 2.38. The summed E-state index contributed by atoms with van der Waals surface area (Å²) in [6, 6.07) is 1.93. The molecule has 0 unspecified atom stereocenters. The summed E-state index contributed by atoms with van der Waals surface area (Å²) in [5, 5.41) is 0.848. The van der Waals surface area contributed by atoms with Crippen molar-refractivity contribution in [1.82, 2.24) is 9.97 Å². The Kier molecular flexibility index (Phi) is 2.12. The van der Waals surface area contributed by atoms with Gasteiger partial charge in [0.1, 0.15) is 5.65 Å². The predicted molar refractivity (Wildman–Crippen MR) is 55.7 cm³/mol. The highest BCUT2D eigenvalue weighted by atomic mass is 16.1. The first-order valence-electron chi connectivity index (χ1n) is 4.39. The van der Waals surface area contributed by atoms with Crippen molar-refractivity contribution in [3.8, 4) is 0 Å². The molecule has 0 aromatic carbocycles. The van der Waals surface area contributed by atoms with Crippen molar-refractivity contribution < 1.29 is 4.79 Å². The van der Waals surface area contributed by atoms with Gasteiger partial charge in [0.05, 0.1) is 7.85 Å². The van der Waals surface area contributed by atoms with E-state index in [2.05, 4.69) is 9.97 Å². The Balaban J connectivity index is 2.67. The average Bonchev–Trinajstić information content (AvgIpc) is 2.59. The number of nitrogens with zero attached hydrogens (tertiary/aromatic N) is 1. The molecule has 0 saturated heterocycles. The minimum Gasteiger partial charge on any atom is -0.345 e. The van der Waals surface area contributed by atoms with E-state index in [1.54, 1.807) is 12.4 Å². The standard InChI is InChI=1S/C10H9BN2O/c1-6-2-7-8(9(14)3-11)5-13-10(7)12-4-6/h2,4-5H,3H2,1H3,(H,12,13). The fraction of sp³-hybridized carbons (Fsp3) is 0.200. The molecule has 0 amide bonds. The first-order chi connectivity index (χ1) is 6.72. The van der Waals surface area contributed by atoms with Crippen LogP contribution in [0, 0.1) is 6.92 Å². The predicted octanol–water partition coefficient (Wildman–Crippen LogP) is 1.64. The van der Waals surface area contributed by atoms with Crippen molar-refractivity contribution >= 4 is 24.7 Å². The van der Waals surface area contributed by atoms with Gasteiger partial charge in [0.15, 0.2) is 5.78 Å². The average molecular weight is 184 g/mol. The topological polar surface area (TPSA) is 45.8 Å². The molecule has 0 spiro atoms. The van der Waals surface area contributed by atoms with E-state index in [4.69, 9.17) is 7.85 Å². The molecule has 2 heterocycles. The van der Waals surface area contributed by atoms with Gasteiger partial charge in [-0.25, -0.2) is 4.98 Å². The van der Waals surface area contributed by atoms with Gasteiger partial charge in [0, 0.05) is 23.3 Å². The van der Waals surface area contributed by atoms with Crippen LogP contribution >= 0.6 is 0 Å². The van der Waals surface area contributed by atoms with Gasteiger partial charge in [0.2, 0.25) is 0 Å². The summed E-state index contributed by atoms with van der Waals surface area (Å²) >= 11 is 0. The zero-order valence-corrected chi connectivity index (χ0v) is 7.87. The summed E-state index contributed by atoms with van der Waals surface area (Å²) in [5.74, 6) is -0.0661. The Morgan fingerprint density at radius 1 is 1.64 bits per heavy atom. The van der Waals surface area contributed by atoms with Crippen LogP contribution in [0.2, 0.25) is 6.32 Å². The molecule has 14 heavy (non-hydrogen) atoms. The third kappa shape index (κ3) is 1.33. The molecule has 2 aromatic rings. The lowest BCUT2D eigenvalue weighted by atomic mass is 9.96. The summed E-state index contributed by atoms with van der Waals surface area (Å²) in [6.45, 7) is 1.94. The SMILES string of the molecule is [B]CC(=O)c1c[nH]c2ncc(C)cc12. The number of carbonyl (C=O) groups excluding carboxylic acids is 1. The molecule has 0 aliphatic heterocycles. The summed E-state index contributed by atoms with van der Waals surface area (Å²) in [4.78, 5) is 18.5. The smallest absolute Gasteiger partial charge is 0.156 e. The van der Waals surface area contributed by atoms with Gasteiger partial charge in [-0.1, -0.05) is 0 Å². The Morgan fingerprint density at radius 2 is 2.43 bits per heavy atom. The zero-order valence-electron chi connectivity index (χ0n) is 7.87. The van der Waals surface area contributed by atoms with Crippen LogP contribution in [0.4, 0.5) is 0 Å². The van der Waals surface area contributed by atoms with E-state index in [0.717, 1.165) is 16.6 Å². The number of H-pyrrole nitrogens is 1. The number of ketones is 1. The van der Waals surface area contributed by atoms with E-state index >= 15 is 0 Å². The van der Waals surface area contributed by atoms with E-state index in [1.165, 1.54) is 0 Å². The fourth-order valence-corrected chi connectivity index (χ4v) is 1.45. The summed E-state index contributed by atoms with van der Waals surface area (Å²) in [7, 11) is 5.31. The second-order valence-corrected chi connectivity index (χ2v) is 3.24. The van der Waals surface area contributed by atoms with E-state index in [-0.39, 0.29) is 12.1 Å². The van der Waals surface area contributed by atoms with Gasteiger partial charge < -0.3 is 4.98 Å². The molecule has 4 heteroatoms. The van der Waals surface area contributed by atoms with Gasteiger partial charge in [-0.2, -0.15) is 0 Å². The maximum Gasteiger partial charge on any atom is 0.156 e. The highest BCUT2D eigenvalue weighted by Gasteiger charge is 2.10. The Bertz CT molecular complexity index is 490. The quantitative estimate of drug-likeness (QED) is 0.569. The van der Waals surface area contributed by atoms with Crippen LogP contribution < -0.4 is 0 Å². The molecule has 0 atom stereocenters. The van der Waals surface area contributed by atoms with Crippen LogP contribution in [0.15, 0.2) is 18.5 Å². The molecule has 0 aliphatic carbocycles. The molecule has 2 rings (SSSR count). The van der Waals surface area contributed by atoms with Gasteiger partial charge >= 0.3 is 0 Å². The van der Waals surface area contributed by atoms with Crippen molar-refractivity contribution in [3.63, 3.8) is 0 Å². The zero-order chi connectivity index (χ0) is 10.1. The lowest BCUT2D eigenvalue weighted by Crippen LogP contribution is -1.95. The number of nitrogens with one attached hydrogen (secondary N) is 1. The molecule has 2 radical (unpaired) electrons. The first-order valence-corrected chi connectivity index (χ1v) is 4.39. The Hall–Kier alpha value is -1.58. The summed E-state index contributed by atoms with van der Waals surface area (Å²) in [6.07, 6.45) is 3.45. The van der Waals surface area contributed by atoms with Crippen LogP contribution in [0.1, 0.15) is 15.9 Å². The van der Waals surface area contributed by atoms with E-state index < -0.39 is 0 Å². The van der Waals surface area contributed by atoms with Crippen LogP contribution in [0.5, 0.6) is 0 Å². The maximum absolute atomic E-state index is 11.4. The number of hydrogen-bond acceptors (Lipinski definition) is 2. The van der Waals surface area contributed by atoms with Crippen LogP contribution in [0.3, 0.4) is 0 Å². The largest absolute Gasteiger partial charge is 0.345 e. The third-order valence-corrected chi connectivity index (χ3v) is 2.15. The summed E-state index contributed by atoms with van der Waals surface area (Å²) < 4.78 is 0. The molecule has 68 valence electrons. The second kappa shape index (κ2) is 3.29. The van der Waals surface area contributed by atoms with Crippen molar-refractivity contribution in [2.24, 2.45) is 0 Å². The van der Waals surface area contributed by atoms with Gasteiger partial charge in [-0.15, -0.1) is 0 Å². The number of hydrogen-bond donors (Lipinski definition) is 1. The van der Waals surface area contributed by atoms with Gasteiger partial charge in [0.25, 0.3) is 0 Å². The normalized spacial score (nSPS) is 10.6. The third-order valence-electron chi connectivity index (χ3n) is 2.15. The highest BCUT2D eigenvalue weighted by molar-refractivity contribution is 6.26. The van der Waals surface area contributed by atoms with E-state index in [0.29, 0.717) is 5.56 Å². The second-order valence-electron chi connectivity index (χ2n) is 3.24. The molecule has 0 fully saturated rings. The van der Waals surface area contributed by atoms with E-state index in [1.807, 2.05) is 13.0 Å². The number of aromatic amines is 1. The van der Waals surface area contributed by atoms with Crippen LogP contribution in [-0.2, 0) is 0 Å². The number of rotatable bonds is 2. The van der Waals surface area contributed by atoms with Crippen molar-refractivity contribution in [2.45, 2.75) is 13.2 Å². The lowest BCUT2D eigenvalue weighted by Gasteiger charge is -1.95. The Morgan fingerprint density at radius 3 is 3.14 bits per heavy atom. The lowest BCUT2D eigenvalue weighted by molar-refractivity contribution is 0.101. The number of Topliss-reactive ketones (excluding diaryl/α,β-unsaturated/α-hetero) is 1. The minimum atomic E-state index is -0.0661. The first kappa shape index (κ1) is 9.00. The number of fused-ring (bicyclic) bond motifs is 1. The molecule has 1 N–H and O–H groups in total. The molecule has 0 aliphatic rings. The minimum absolute atomic E-state index is 0.0287. The fourth-order valence-electron chi connectivity index (χ4n) is 1.45. The monoisotopic (exact) mass is 184 g/mol. The molecular formula is C10H9BN2O. The van der Waals surface area contributed by atoms with Crippen molar-refractivity contribution in [2.75, 3.05) is 0 Å². The van der Waals surface area contributed by atoms with Crippen LogP contribution in [-0.4, -0.2) is 23.6 Å². The molecule has 3 nitrogen and oxygen atoms in total. The number of pyridine rings is 1. The number of carbonyl (C=O) groups is 1. The number of aryl methyl sites for hydroxylation is 1. The maximum atomic E-state index is 11.4. The van der Waals surface area contributed by atoms with Crippen molar-refractivity contribution in [1.29, 1.82) is 0 Å². The van der Waals surface area contributed by atoms with Gasteiger partial charge in [-0.3, -0.25) is 4.79 Å². The number of aromatic nitrogens is 2.